The number of nitrogens with one attached hydrogen (secondary N) is 1. The number of amides is 1. The molecule has 2 N–H and O–H groups in total. The number of halogens is 2. The van der Waals surface area contributed by atoms with E-state index in [9.17, 15) is 4.79 Å². The maximum atomic E-state index is 12.3. The Morgan fingerprint density at radius 3 is 2.67 bits per heavy atom. The number of hydrogen-bond donors (Lipinski definition) is 2. The molecule has 0 saturated heterocycles. The molecule has 0 spiro atoms. The first-order chi connectivity index (χ1) is 11.6. The monoisotopic (exact) mass is 453 g/mol. The van der Waals surface area contributed by atoms with Gasteiger partial charge in [0, 0.05) is 20.4 Å². The normalized spacial score (nSPS) is 10.6. The van der Waals surface area contributed by atoms with Crippen molar-refractivity contribution in [1.29, 1.82) is 0 Å². The van der Waals surface area contributed by atoms with Crippen molar-refractivity contribution in [1.82, 2.24) is 0 Å². The van der Waals surface area contributed by atoms with Crippen LogP contribution in [0, 0.1) is 3.57 Å². The molecule has 6 heteroatoms. The molecule has 0 atom stereocenters. The summed E-state index contributed by atoms with van der Waals surface area (Å²) in [5.41, 5.74) is 1.88. The average molecular weight is 454 g/mol. The zero-order valence-corrected chi connectivity index (χ0v) is 15.3. The van der Waals surface area contributed by atoms with Gasteiger partial charge in [-0.3, -0.25) is 4.79 Å². The molecular weight excluding hydrogens is 441 g/mol. The fraction of sp³-hybridized carbons (Fsp3) is 0.0556. The van der Waals surface area contributed by atoms with Crippen molar-refractivity contribution in [2.24, 2.45) is 0 Å². The molecular formula is C18H13ClINO3. The Hall–Kier alpha value is -1.83. The van der Waals surface area contributed by atoms with E-state index in [2.05, 4.69) is 27.9 Å². The van der Waals surface area contributed by atoms with Crippen molar-refractivity contribution < 1.29 is 14.3 Å². The number of aliphatic hydroxyl groups is 1. The van der Waals surface area contributed by atoms with Crippen LogP contribution in [0.3, 0.4) is 0 Å². The Morgan fingerprint density at radius 2 is 2.00 bits per heavy atom. The second-order valence-electron chi connectivity index (χ2n) is 5.08. The van der Waals surface area contributed by atoms with Crippen molar-refractivity contribution >= 4 is 45.8 Å². The fourth-order valence-electron chi connectivity index (χ4n) is 2.23. The molecule has 0 aliphatic heterocycles. The van der Waals surface area contributed by atoms with Crippen LogP contribution in [0.15, 0.2) is 59.0 Å². The molecule has 1 heterocycles. The van der Waals surface area contributed by atoms with Crippen molar-refractivity contribution in [2.45, 2.75) is 6.61 Å². The Balaban J connectivity index is 1.80. The van der Waals surface area contributed by atoms with E-state index in [1.165, 1.54) is 0 Å². The maximum Gasteiger partial charge on any atom is 0.255 e. The summed E-state index contributed by atoms with van der Waals surface area (Å²) >= 11 is 8.46. The third kappa shape index (κ3) is 3.80. The van der Waals surface area contributed by atoms with Gasteiger partial charge in [-0.25, -0.2) is 0 Å². The molecule has 1 amide bonds. The van der Waals surface area contributed by atoms with Gasteiger partial charge < -0.3 is 14.8 Å². The highest BCUT2D eigenvalue weighted by Gasteiger charge is 2.11. The van der Waals surface area contributed by atoms with E-state index in [0.717, 1.165) is 3.57 Å². The standard InChI is InChI=1S/C18H13ClINO3/c19-16-9-13(21-18(23)11-2-1-3-12(20)8-11)4-6-15(16)17-7-5-14(10-22)24-17/h1-9,22H,10H2,(H,21,23). The third-order valence-corrected chi connectivity index (χ3v) is 4.38. The van der Waals surface area contributed by atoms with Gasteiger partial charge in [0.1, 0.15) is 18.1 Å². The number of furan rings is 1. The van der Waals surface area contributed by atoms with Crippen molar-refractivity contribution in [3.05, 3.63) is 74.5 Å². The lowest BCUT2D eigenvalue weighted by atomic mass is 10.1. The van der Waals surface area contributed by atoms with Crippen molar-refractivity contribution in [2.75, 3.05) is 5.32 Å². The molecule has 0 bridgehead atoms. The zero-order chi connectivity index (χ0) is 17.1. The predicted octanol–water partition coefficient (Wildman–Crippen LogP) is 4.95. The molecule has 0 unspecified atom stereocenters. The van der Waals surface area contributed by atoms with Crippen LogP contribution in [0.1, 0.15) is 16.1 Å². The van der Waals surface area contributed by atoms with Gasteiger partial charge >= 0.3 is 0 Å². The number of aliphatic hydroxyl groups excluding tert-OH is 1. The first kappa shape index (κ1) is 17.0. The maximum absolute atomic E-state index is 12.3. The summed E-state index contributed by atoms with van der Waals surface area (Å²) < 4.78 is 6.47. The first-order valence-electron chi connectivity index (χ1n) is 7.13. The lowest BCUT2D eigenvalue weighted by Crippen LogP contribution is -2.11. The minimum absolute atomic E-state index is 0.165. The summed E-state index contributed by atoms with van der Waals surface area (Å²) in [6.45, 7) is -0.165. The van der Waals surface area contributed by atoms with Crippen LogP contribution >= 0.6 is 34.2 Å². The molecule has 3 rings (SSSR count). The minimum Gasteiger partial charge on any atom is -0.459 e. The van der Waals surface area contributed by atoms with Gasteiger partial charge in [0.2, 0.25) is 0 Å². The van der Waals surface area contributed by atoms with E-state index in [-0.39, 0.29) is 12.5 Å². The summed E-state index contributed by atoms with van der Waals surface area (Å²) in [6, 6.07) is 16.0. The Kier molecular flexibility index (Phi) is 5.23. The van der Waals surface area contributed by atoms with Gasteiger partial charge in [0.15, 0.2) is 0 Å². The average Bonchev–Trinajstić information content (AvgIpc) is 3.04. The molecule has 0 saturated carbocycles. The van der Waals surface area contributed by atoms with Crippen molar-refractivity contribution in [3.63, 3.8) is 0 Å². The van der Waals surface area contributed by atoms with Gasteiger partial charge in [-0.1, -0.05) is 17.7 Å². The zero-order valence-electron chi connectivity index (χ0n) is 12.4. The number of hydrogen-bond acceptors (Lipinski definition) is 3. The predicted molar refractivity (Wildman–Crippen MR) is 102 cm³/mol. The highest BCUT2D eigenvalue weighted by molar-refractivity contribution is 14.1. The Morgan fingerprint density at radius 1 is 1.17 bits per heavy atom. The number of rotatable bonds is 4. The number of anilines is 1. The Bertz CT molecular complexity index is 891. The molecule has 3 aromatic rings. The molecule has 122 valence electrons. The minimum atomic E-state index is -0.196. The smallest absolute Gasteiger partial charge is 0.255 e. The topological polar surface area (TPSA) is 62.5 Å². The van der Waals surface area contributed by atoms with Gasteiger partial charge in [0.05, 0.1) is 5.02 Å². The van der Waals surface area contributed by atoms with Crippen LogP contribution in [0.4, 0.5) is 5.69 Å². The second-order valence-corrected chi connectivity index (χ2v) is 6.74. The SMILES string of the molecule is O=C(Nc1ccc(-c2ccc(CO)o2)c(Cl)c1)c1cccc(I)c1. The van der Waals surface area contributed by atoms with Crippen LogP contribution in [0.5, 0.6) is 0 Å². The summed E-state index contributed by atoms with van der Waals surface area (Å²) in [5.74, 6) is 0.842. The van der Waals surface area contributed by atoms with Crippen LogP contribution in [0.25, 0.3) is 11.3 Å². The van der Waals surface area contributed by atoms with Crippen LogP contribution in [-0.2, 0) is 6.61 Å². The second kappa shape index (κ2) is 7.38. The number of carbonyl (C=O) groups is 1. The molecule has 24 heavy (non-hydrogen) atoms. The van der Waals surface area contributed by atoms with E-state index in [4.69, 9.17) is 21.1 Å². The van der Waals surface area contributed by atoms with E-state index >= 15 is 0 Å². The summed E-state index contributed by atoms with van der Waals surface area (Å²) in [6.07, 6.45) is 0. The third-order valence-electron chi connectivity index (χ3n) is 3.40. The number of benzene rings is 2. The summed E-state index contributed by atoms with van der Waals surface area (Å²) in [5, 5.41) is 12.3. The summed E-state index contributed by atoms with van der Waals surface area (Å²) in [7, 11) is 0. The van der Waals surface area contributed by atoms with Gasteiger partial charge in [0.25, 0.3) is 5.91 Å². The van der Waals surface area contributed by atoms with E-state index < -0.39 is 0 Å². The molecule has 2 aromatic carbocycles. The largest absolute Gasteiger partial charge is 0.459 e. The Labute approximate surface area is 157 Å². The van der Waals surface area contributed by atoms with E-state index in [1.807, 2.05) is 18.2 Å². The van der Waals surface area contributed by atoms with Crippen LogP contribution in [-0.4, -0.2) is 11.0 Å². The highest BCUT2D eigenvalue weighted by Crippen LogP contribution is 2.31. The van der Waals surface area contributed by atoms with Crippen LogP contribution in [0.2, 0.25) is 5.02 Å². The molecule has 0 aliphatic carbocycles. The summed E-state index contributed by atoms with van der Waals surface area (Å²) in [4.78, 5) is 12.3. The first-order valence-corrected chi connectivity index (χ1v) is 8.59. The molecule has 1 aromatic heterocycles. The molecule has 0 radical (unpaired) electrons. The van der Waals surface area contributed by atoms with Gasteiger partial charge in [-0.15, -0.1) is 0 Å². The van der Waals surface area contributed by atoms with Crippen LogP contribution < -0.4 is 5.32 Å². The van der Waals surface area contributed by atoms with E-state index in [1.54, 1.807) is 36.4 Å². The highest BCUT2D eigenvalue weighted by atomic mass is 127. The van der Waals surface area contributed by atoms with Gasteiger partial charge in [-0.2, -0.15) is 0 Å². The molecule has 4 nitrogen and oxygen atoms in total. The number of carbonyl (C=O) groups excluding carboxylic acids is 1. The van der Waals surface area contributed by atoms with Crippen molar-refractivity contribution in [3.8, 4) is 11.3 Å². The fourth-order valence-corrected chi connectivity index (χ4v) is 3.05. The van der Waals surface area contributed by atoms with Gasteiger partial charge in [-0.05, 0) is 71.1 Å². The molecule has 0 aliphatic rings. The quantitative estimate of drug-likeness (QED) is 0.550. The lowest BCUT2D eigenvalue weighted by molar-refractivity contribution is 0.102. The lowest BCUT2D eigenvalue weighted by Gasteiger charge is -2.08. The molecule has 0 fully saturated rings. The van der Waals surface area contributed by atoms with E-state index in [0.29, 0.717) is 33.4 Å².